The molecule has 0 heterocycles. The third-order valence-electron chi connectivity index (χ3n) is 4.21. The van der Waals surface area contributed by atoms with E-state index in [-0.39, 0.29) is 11.8 Å². The molecule has 0 aromatic heterocycles. The molecule has 0 aromatic carbocycles. The smallest absolute Gasteiger partial charge is 0.225 e. The average molecular weight is 267 g/mol. The van der Waals surface area contributed by atoms with E-state index < -0.39 is 0 Å². The zero-order valence-electron chi connectivity index (χ0n) is 11.6. The number of nitrogens with two attached hydrogens (primary N) is 1. The molecular weight excluding hydrogens is 242 g/mol. The predicted octanol–water partition coefficient (Wildman–Crippen LogP) is 2.08. The number of nitrogens with zero attached hydrogens (tertiary/aromatic N) is 2. The highest BCUT2D eigenvalue weighted by molar-refractivity contribution is 5.82. The number of hydrogen-bond acceptors (Lipinski definition) is 3. The van der Waals surface area contributed by atoms with Crippen LogP contribution in [0.1, 0.15) is 57.8 Å². The van der Waals surface area contributed by atoms with E-state index >= 15 is 0 Å². The van der Waals surface area contributed by atoms with Crippen LogP contribution in [0.3, 0.4) is 0 Å². The first-order chi connectivity index (χ1) is 9.22. The van der Waals surface area contributed by atoms with E-state index in [1.54, 1.807) is 0 Å². The molecule has 2 saturated carbocycles. The van der Waals surface area contributed by atoms with Gasteiger partial charge in [-0.15, -0.1) is 0 Å². The van der Waals surface area contributed by atoms with Crippen LogP contribution in [0.25, 0.3) is 0 Å². The molecule has 0 bridgehead atoms. The minimum Gasteiger partial charge on any atom is -0.409 e. The first-order valence-corrected chi connectivity index (χ1v) is 7.49. The highest BCUT2D eigenvalue weighted by Gasteiger charge is 2.35. The van der Waals surface area contributed by atoms with E-state index in [9.17, 15) is 4.79 Å². The maximum atomic E-state index is 12.6. The number of oxime groups is 1. The highest BCUT2D eigenvalue weighted by Crippen LogP contribution is 2.31. The van der Waals surface area contributed by atoms with Crippen molar-refractivity contribution in [2.24, 2.45) is 16.8 Å². The van der Waals surface area contributed by atoms with E-state index in [0.29, 0.717) is 24.9 Å². The minimum atomic E-state index is 0.204. The van der Waals surface area contributed by atoms with Gasteiger partial charge in [0.2, 0.25) is 5.91 Å². The predicted molar refractivity (Wildman–Crippen MR) is 74.0 cm³/mol. The molecule has 0 spiro atoms. The average Bonchev–Trinajstić information content (AvgIpc) is 3.24. The third kappa shape index (κ3) is 4.11. The number of carbonyl (C=O) groups is 1. The van der Waals surface area contributed by atoms with Crippen LogP contribution >= 0.6 is 0 Å². The van der Waals surface area contributed by atoms with Gasteiger partial charge in [-0.2, -0.15) is 0 Å². The molecule has 5 heteroatoms. The Morgan fingerprint density at radius 2 is 1.79 bits per heavy atom. The van der Waals surface area contributed by atoms with E-state index in [0.717, 1.165) is 25.7 Å². The first kappa shape index (κ1) is 14.2. The van der Waals surface area contributed by atoms with Gasteiger partial charge in [-0.3, -0.25) is 4.79 Å². The molecule has 19 heavy (non-hydrogen) atoms. The molecule has 0 aromatic rings. The van der Waals surface area contributed by atoms with E-state index in [1.165, 1.54) is 25.7 Å². The van der Waals surface area contributed by atoms with Gasteiger partial charge in [-0.05, 0) is 25.7 Å². The standard InChI is InChI=1S/C14H25N3O2/c15-13(16-19)9-10-17(12-7-8-12)14(18)11-5-3-1-2-4-6-11/h11-12,19H,1-10H2,(H2,15,16). The van der Waals surface area contributed by atoms with Crippen LogP contribution in [0.5, 0.6) is 0 Å². The van der Waals surface area contributed by atoms with Crippen molar-refractivity contribution in [3.05, 3.63) is 0 Å². The number of hydrogen-bond donors (Lipinski definition) is 2. The van der Waals surface area contributed by atoms with Crippen molar-refractivity contribution < 1.29 is 10.0 Å². The van der Waals surface area contributed by atoms with Crippen molar-refractivity contribution >= 4 is 11.7 Å². The zero-order chi connectivity index (χ0) is 13.7. The van der Waals surface area contributed by atoms with Crippen LogP contribution in [0.4, 0.5) is 0 Å². The maximum Gasteiger partial charge on any atom is 0.225 e. The molecule has 1 amide bonds. The van der Waals surface area contributed by atoms with Gasteiger partial charge in [-0.25, -0.2) is 0 Å². The molecule has 108 valence electrons. The molecule has 2 aliphatic carbocycles. The van der Waals surface area contributed by atoms with Gasteiger partial charge in [0, 0.05) is 24.9 Å². The monoisotopic (exact) mass is 267 g/mol. The van der Waals surface area contributed by atoms with E-state index in [2.05, 4.69) is 5.16 Å². The molecule has 3 N–H and O–H groups in total. The summed E-state index contributed by atoms with van der Waals surface area (Å²) in [5, 5.41) is 11.6. The van der Waals surface area contributed by atoms with E-state index in [1.807, 2.05) is 4.90 Å². The van der Waals surface area contributed by atoms with Crippen LogP contribution in [0.15, 0.2) is 5.16 Å². The first-order valence-electron chi connectivity index (χ1n) is 7.49. The largest absolute Gasteiger partial charge is 0.409 e. The Morgan fingerprint density at radius 3 is 2.32 bits per heavy atom. The third-order valence-corrected chi connectivity index (χ3v) is 4.21. The summed E-state index contributed by atoms with van der Waals surface area (Å²) in [6.45, 7) is 0.593. The second kappa shape index (κ2) is 6.78. The minimum absolute atomic E-state index is 0.204. The summed E-state index contributed by atoms with van der Waals surface area (Å²) in [5.41, 5.74) is 5.51. The second-order valence-electron chi connectivity index (χ2n) is 5.79. The lowest BCUT2D eigenvalue weighted by atomic mass is 9.98. The molecule has 0 radical (unpaired) electrons. The van der Waals surface area contributed by atoms with Crippen molar-refractivity contribution in [3.8, 4) is 0 Å². The van der Waals surface area contributed by atoms with Crippen molar-refractivity contribution in [2.75, 3.05) is 6.54 Å². The molecule has 2 aliphatic rings. The van der Waals surface area contributed by atoms with Crippen LogP contribution in [0.2, 0.25) is 0 Å². The summed E-state index contributed by atoms with van der Waals surface area (Å²) < 4.78 is 0. The van der Waals surface area contributed by atoms with Crippen LogP contribution in [-0.4, -0.2) is 34.4 Å². The van der Waals surface area contributed by atoms with Crippen molar-refractivity contribution in [2.45, 2.75) is 63.8 Å². The lowest BCUT2D eigenvalue weighted by molar-refractivity contribution is -0.136. The van der Waals surface area contributed by atoms with Gasteiger partial charge in [0.25, 0.3) is 0 Å². The van der Waals surface area contributed by atoms with Gasteiger partial charge in [0.15, 0.2) is 0 Å². The maximum absolute atomic E-state index is 12.6. The summed E-state index contributed by atoms with van der Waals surface area (Å²) in [6.07, 6.45) is 9.62. The molecule has 0 aliphatic heterocycles. The Morgan fingerprint density at radius 1 is 1.16 bits per heavy atom. The number of carbonyl (C=O) groups excluding carboxylic acids is 1. The lowest BCUT2D eigenvalue weighted by Crippen LogP contribution is -2.39. The number of amidine groups is 1. The normalized spacial score (nSPS) is 22.0. The van der Waals surface area contributed by atoms with Gasteiger partial charge in [0.05, 0.1) is 0 Å². The van der Waals surface area contributed by atoms with Crippen molar-refractivity contribution in [3.63, 3.8) is 0 Å². The van der Waals surface area contributed by atoms with Gasteiger partial charge < -0.3 is 15.8 Å². The quantitative estimate of drug-likeness (QED) is 0.263. The van der Waals surface area contributed by atoms with Gasteiger partial charge in [-0.1, -0.05) is 30.8 Å². The highest BCUT2D eigenvalue weighted by atomic mass is 16.4. The van der Waals surface area contributed by atoms with Crippen LogP contribution in [0, 0.1) is 5.92 Å². The Hall–Kier alpha value is -1.26. The van der Waals surface area contributed by atoms with Gasteiger partial charge >= 0.3 is 0 Å². The fraction of sp³-hybridized carbons (Fsp3) is 0.857. The molecule has 5 nitrogen and oxygen atoms in total. The Bertz CT molecular complexity index is 332. The lowest BCUT2D eigenvalue weighted by Gasteiger charge is -2.26. The molecule has 0 atom stereocenters. The molecular formula is C14H25N3O2. The fourth-order valence-electron chi connectivity index (χ4n) is 2.90. The van der Waals surface area contributed by atoms with Crippen molar-refractivity contribution in [1.82, 2.24) is 4.90 Å². The summed E-state index contributed by atoms with van der Waals surface area (Å²) in [7, 11) is 0. The summed E-state index contributed by atoms with van der Waals surface area (Å²) in [6, 6.07) is 0.405. The number of rotatable bonds is 5. The zero-order valence-corrected chi connectivity index (χ0v) is 11.6. The van der Waals surface area contributed by atoms with Crippen LogP contribution in [-0.2, 0) is 4.79 Å². The summed E-state index contributed by atoms with van der Waals surface area (Å²) in [5.74, 6) is 0.713. The Balaban J connectivity index is 1.91. The molecule has 2 fully saturated rings. The van der Waals surface area contributed by atoms with Crippen LogP contribution < -0.4 is 5.73 Å². The van der Waals surface area contributed by atoms with Crippen molar-refractivity contribution in [1.29, 1.82) is 0 Å². The summed E-state index contributed by atoms with van der Waals surface area (Å²) >= 11 is 0. The molecule has 0 unspecified atom stereocenters. The molecule has 0 saturated heterocycles. The summed E-state index contributed by atoms with van der Waals surface area (Å²) in [4.78, 5) is 14.6. The molecule has 2 rings (SSSR count). The SMILES string of the molecule is NC(CCN(C(=O)C1CCCCCC1)C1CC1)=NO. The second-order valence-corrected chi connectivity index (χ2v) is 5.79. The Kier molecular flexibility index (Phi) is 5.05. The Labute approximate surface area is 114 Å². The topological polar surface area (TPSA) is 78.9 Å². The van der Waals surface area contributed by atoms with E-state index in [4.69, 9.17) is 10.9 Å². The van der Waals surface area contributed by atoms with Gasteiger partial charge in [0.1, 0.15) is 5.84 Å². The number of amides is 1. The fourth-order valence-corrected chi connectivity index (χ4v) is 2.90.